The number of carbonyl (C=O) groups excluding carboxylic acids is 1. The van der Waals surface area contributed by atoms with Crippen LogP contribution in [-0.4, -0.2) is 12.5 Å². The lowest BCUT2D eigenvalue weighted by atomic mass is 9.86. The summed E-state index contributed by atoms with van der Waals surface area (Å²) in [6.07, 6.45) is 1.99. The van der Waals surface area contributed by atoms with Crippen LogP contribution in [0.1, 0.15) is 44.7 Å². The minimum absolute atomic E-state index is 0.0569. The molecule has 2 rings (SSSR count). The van der Waals surface area contributed by atoms with Crippen LogP contribution in [0.4, 0.5) is 10.1 Å². The zero-order valence-corrected chi connectivity index (χ0v) is 12.5. The Morgan fingerprint density at radius 1 is 1.45 bits per heavy atom. The highest BCUT2D eigenvalue weighted by molar-refractivity contribution is 5.91. The van der Waals surface area contributed by atoms with E-state index in [1.54, 1.807) is 6.07 Å². The van der Waals surface area contributed by atoms with Crippen LogP contribution in [0.15, 0.2) is 12.1 Å². The smallest absolute Gasteiger partial charge is 0.224 e. The Morgan fingerprint density at radius 3 is 2.90 bits per heavy atom. The number of halogens is 1. The van der Waals surface area contributed by atoms with Gasteiger partial charge in [0.1, 0.15) is 5.82 Å². The highest BCUT2D eigenvalue weighted by Gasteiger charge is 2.22. The summed E-state index contributed by atoms with van der Waals surface area (Å²) in [5.74, 6) is -0.392. The molecule has 110 valence electrons. The van der Waals surface area contributed by atoms with E-state index < -0.39 is 0 Å². The van der Waals surface area contributed by atoms with E-state index in [1.165, 1.54) is 0 Å². The summed E-state index contributed by atoms with van der Waals surface area (Å²) in [6.45, 7) is 7.62. The molecule has 1 aliphatic rings. The Hall–Kier alpha value is -1.42. The van der Waals surface area contributed by atoms with E-state index in [2.05, 4.69) is 17.6 Å². The van der Waals surface area contributed by atoms with Crippen LogP contribution in [0.25, 0.3) is 0 Å². The molecule has 0 aliphatic carbocycles. The summed E-state index contributed by atoms with van der Waals surface area (Å²) in [4.78, 5) is 12.0. The monoisotopic (exact) mass is 278 g/mol. The maximum atomic E-state index is 14.4. The van der Waals surface area contributed by atoms with Crippen molar-refractivity contribution in [1.82, 2.24) is 5.32 Å². The van der Waals surface area contributed by atoms with E-state index in [0.717, 1.165) is 24.1 Å². The molecule has 0 fully saturated rings. The van der Waals surface area contributed by atoms with E-state index in [1.807, 2.05) is 19.9 Å². The topological polar surface area (TPSA) is 41.1 Å². The van der Waals surface area contributed by atoms with Gasteiger partial charge >= 0.3 is 0 Å². The molecule has 1 aliphatic heterocycles. The van der Waals surface area contributed by atoms with Crippen LogP contribution in [-0.2, 0) is 17.8 Å². The van der Waals surface area contributed by atoms with Gasteiger partial charge in [0.05, 0.1) is 5.69 Å². The quantitative estimate of drug-likeness (QED) is 0.887. The molecule has 0 radical (unpaired) electrons. The second-order valence-corrected chi connectivity index (χ2v) is 6.23. The summed E-state index contributed by atoms with van der Waals surface area (Å²) >= 11 is 0. The molecule has 1 aromatic carbocycles. The van der Waals surface area contributed by atoms with Gasteiger partial charge in [0.25, 0.3) is 0 Å². The lowest BCUT2D eigenvalue weighted by Gasteiger charge is -2.23. The molecule has 4 heteroatoms. The standard InChI is InChI=1S/C16H23FN2O/c1-4-16(2,3)9-14(20)19-13-6-5-11-10-18-8-7-12(11)15(13)17/h5-6,18H,4,7-10H2,1-3H3,(H,19,20). The molecular formula is C16H23FN2O. The summed E-state index contributed by atoms with van der Waals surface area (Å²) in [5.41, 5.74) is 1.97. The number of anilines is 1. The van der Waals surface area contributed by atoms with Crippen molar-refractivity contribution >= 4 is 11.6 Å². The van der Waals surface area contributed by atoms with Gasteiger partial charge in [-0.25, -0.2) is 4.39 Å². The Bertz CT molecular complexity index is 511. The summed E-state index contributed by atoms with van der Waals surface area (Å²) in [5, 5.41) is 5.93. The van der Waals surface area contributed by atoms with Crippen LogP contribution in [0, 0.1) is 11.2 Å². The fourth-order valence-electron chi connectivity index (χ4n) is 2.38. The number of nitrogens with one attached hydrogen (secondary N) is 2. The predicted molar refractivity (Wildman–Crippen MR) is 79.1 cm³/mol. The first kappa shape index (κ1) is 15.0. The molecule has 0 bridgehead atoms. The van der Waals surface area contributed by atoms with E-state index in [9.17, 15) is 9.18 Å². The molecule has 1 aromatic rings. The average Bonchev–Trinajstić information content (AvgIpc) is 2.42. The van der Waals surface area contributed by atoms with Crippen LogP contribution in [0.3, 0.4) is 0 Å². The second kappa shape index (κ2) is 5.92. The largest absolute Gasteiger partial charge is 0.324 e. The first-order valence-electron chi connectivity index (χ1n) is 7.24. The number of fused-ring (bicyclic) bond motifs is 1. The van der Waals surface area contributed by atoms with E-state index in [4.69, 9.17) is 0 Å². The highest BCUT2D eigenvalue weighted by Crippen LogP contribution is 2.27. The Labute approximate surface area is 120 Å². The maximum absolute atomic E-state index is 14.4. The molecule has 2 N–H and O–H groups in total. The van der Waals surface area contributed by atoms with Gasteiger partial charge in [-0.2, -0.15) is 0 Å². The van der Waals surface area contributed by atoms with Gasteiger partial charge in [0, 0.05) is 13.0 Å². The number of amides is 1. The third kappa shape index (κ3) is 3.37. The highest BCUT2D eigenvalue weighted by atomic mass is 19.1. The lowest BCUT2D eigenvalue weighted by Crippen LogP contribution is -2.26. The fraction of sp³-hybridized carbons (Fsp3) is 0.562. The van der Waals surface area contributed by atoms with Crippen LogP contribution in [0.2, 0.25) is 0 Å². The lowest BCUT2D eigenvalue weighted by molar-refractivity contribution is -0.118. The molecule has 0 atom stereocenters. The number of carbonyl (C=O) groups is 1. The van der Waals surface area contributed by atoms with Crippen molar-refractivity contribution in [3.8, 4) is 0 Å². The first-order valence-corrected chi connectivity index (χ1v) is 7.24. The maximum Gasteiger partial charge on any atom is 0.224 e. The van der Waals surface area contributed by atoms with Crippen molar-refractivity contribution in [1.29, 1.82) is 0 Å². The molecule has 0 aromatic heterocycles. The zero-order valence-electron chi connectivity index (χ0n) is 12.5. The van der Waals surface area contributed by atoms with Gasteiger partial charge in [-0.3, -0.25) is 4.79 Å². The summed E-state index contributed by atoms with van der Waals surface area (Å²) in [6, 6.07) is 3.56. The normalized spacial score (nSPS) is 14.8. The Balaban J connectivity index is 2.12. The van der Waals surface area contributed by atoms with Crippen molar-refractivity contribution in [2.75, 3.05) is 11.9 Å². The molecule has 0 unspecified atom stereocenters. The first-order chi connectivity index (χ1) is 9.43. The number of rotatable bonds is 4. The van der Waals surface area contributed by atoms with Gasteiger partial charge in [-0.05, 0) is 35.6 Å². The molecular weight excluding hydrogens is 255 g/mol. The molecule has 0 spiro atoms. The van der Waals surface area contributed by atoms with Gasteiger partial charge in [-0.1, -0.05) is 33.3 Å². The van der Waals surface area contributed by atoms with Crippen molar-refractivity contribution in [3.05, 3.63) is 29.1 Å². The Morgan fingerprint density at radius 2 is 2.20 bits per heavy atom. The molecule has 1 heterocycles. The third-order valence-electron chi connectivity index (χ3n) is 4.08. The molecule has 0 saturated heterocycles. The van der Waals surface area contributed by atoms with Gasteiger partial charge < -0.3 is 10.6 Å². The van der Waals surface area contributed by atoms with Crippen LogP contribution < -0.4 is 10.6 Å². The van der Waals surface area contributed by atoms with Crippen molar-refractivity contribution < 1.29 is 9.18 Å². The molecule has 0 saturated carbocycles. The third-order valence-corrected chi connectivity index (χ3v) is 4.08. The van der Waals surface area contributed by atoms with Crippen LogP contribution >= 0.6 is 0 Å². The van der Waals surface area contributed by atoms with Gasteiger partial charge in [0.15, 0.2) is 0 Å². The van der Waals surface area contributed by atoms with Gasteiger partial charge in [0.2, 0.25) is 5.91 Å². The number of benzene rings is 1. The summed E-state index contributed by atoms with van der Waals surface area (Å²) in [7, 11) is 0. The van der Waals surface area contributed by atoms with Crippen LogP contribution in [0.5, 0.6) is 0 Å². The summed E-state index contributed by atoms with van der Waals surface area (Å²) < 4.78 is 14.4. The van der Waals surface area contributed by atoms with E-state index in [0.29, 0.717) is 25.1 Å². The van der Waals surface area contributed by atoms with Gasteiger partial charge in [-0.15, -0.1) is 0 Å². The molecule has 3 nitrogen and oxygen atoms in total. The van der Waals surface area contributed by atoms with Crippen molar-refractivity contribution in [3.63, 3.8) is 0 Å². The van der Waals surface area contributed by atoms with Crippen molar-refractivity contribution in [2.24, 2.45) is 5.41 Å². The predicted octanol–water partition coefficient (Wildman–Crippen LogP) is 3.24. The number of hydrogen-bond acceptors (Lipinski definition) is 2. The number of hydrogen-bond donors (Lipinski definition) is 2. The Kier molecular flexibility index (Phi) is 4.43. The van der Waals surface area contributed by atoms with E-state index >= 15 is 0 Å². The minimum atomic E-state index is -0.272. The molecule has 20 heavy (non-hydrogen) atoms. The fourth-order valence-corrected chi connectivity index (χ4v) is 2.38. The zero-order chi connectivity index (χ0) is 14.8. The minimum Gasteiger partial charge on any atom is -0.324 e. The van der Waals surface area contributed by atoms with Crippen molar-refractivity contribution in [2.45, 2.75) is 46.6 Å². The SMILES string of the molecule is CCC(C)(C)CC(=O)Nc1ccc2c(c1F)CCNC2. The average molecular weight is 278 g/mol. The van der Waals surface area contributed by atoms with E-state index in [-0.39, 0.29) is 17.1 Å². The molecule has 1 amide bonds. The second-order valence-electron chi connectivity index (χ2n) is 6.23.